The third-order valence-electron chi connectivity index (χ3n) is 0. The van der Waals surface area contributed by atoms with Gasteiger partial charge < -0.3 is 18.0 Å². The van der Waals surface area contributed by atoms with Crippen molar-refractivity contribution < 1.29 is 0 Å². The standard InChI is InChI=1S/As.2Ga.Sb.6H/q-3;2*+3;-3;;;;;;. The molecule has 0 aromatic heterocycles. The molecule has 22 valence electrons. The topological polar surface area (TPSA) is 0 Å². The summed E-state index contributed by atoms with van der Waals surface area (Å²) in [5, 5.41) is 0. The summed E-state index contributed by atoms with van der Waals surface area (Å²) in [6, 6.07) is 0. The van der Waals surface area contributed by atoms with E-state index in [-0.39, 0.29) is 82.0 Å². The molecule has 0 unspecified atom stereocenters. The van der Waals surface area contributed by atoms with Gasteiger partial charge in [0.05, 0.1) is 0 Å². The van der Waals surface area contributed by atoms with Gasteiger partial charge in [-0.15, -0.1) is 0 Å². The Morgan fingerprint density at radius 2 is 0.750 bits per heavy atom. The Bertz CT molecular complexity index is 6.00. The van der Waals surface area contributed by atoms with Gasteiger partial charge in [0.1, 0.15) is 0 Å². The van der Waals surface area contributed by atoms with E-state index in [1.165, 1.54) is 0 Å². The van der Waals surface area contributed by atoms with Gasteiger partial charge in [-0.3, -0.25) is 0 Å². The van der Waals surface area contributed by atoms with Crippen LogP contribution in [0.1, 0.15) is 0 Å². The molecule has 4 heteroatoms. The number of rotatable bonds is 0. The molecule has 4 heavy (non-hydrogen) atoms. The molecule has 0 aliphatic heterocycles. The van der Waals surface area contributed by atoms with Crippen molar-refractivity contribution in [2.24, 2.45) is 0 Å². The summed E-state index contributed by atoms with van der Waals surface area (Å²) in [6.07, 6.45) is 0. The summed E-state index contributed by atoms with van der Waals surface area (Å²) < 4.78 is 0. The van der Waals surface area contributed by atoms with Crippen molar-refractivity contribution >= 4 is 82.0 Å². The Kier molecular flexibility index (Phi) is 132. The van der Waals surface area contributed by atoms with Crippen LogP contribution in [0.4, 0.5) is 0 Å². The van der Waals surface area contributed by atoms with Crippen LogP contribution in [0.3, 0.4) is 0 Å². The molecule has 0 saturated carbocycles. The van der Waals surface area contributed by atoms with Gasteiger partial charge in [-0.2, -0.15) is 0 Å². The summed E-state index contributed by atoms with van der Waals surface area (Å²) >= 11 is 0. The second-order valence-electron chi connectivity index (χ2n) is 0. The van der Waals surface area contributed by atoms with Crippen molar-refractivity contribution in [2.75, 3.05) is 0 Å². The second-order valence-corrected chi connectivity index (χ2v) is 0. The first-order chi connectivity index (χ1) is 0. The summed E-state index contributed by atoms with van der Waals surface area (Å²) in [7, 11) is 0. The van der Waals surface area contributed by atoms with Crippen LogP contribution in [-0.2, 0) is 0 Å². The van der Waals surface area contributed by atoms with Crippen LogP contribution in [0, 0.1) is 0 Å². The molecule has 0 spiro atoms. The molecule has 0 amide bonds. The molecular weight excluding hydrogens is 336 g/mol. The molecule has 0 fully saturated rings. The van der Waals surface area contributed by atoms with Crippen LogP contribution >= 0.6 is 0 Å². The van der Waals surface area contributed by atoms with E-state index in [0.717, 1.165) is 0 Å². The minimum atomic E-state index is 0. The van der Waals surface area contributed by atoms with Crippen LogP contribution in [0.25, 0.3) is 0 Å². The molecule has 0 aliphatic rings. The first-order valence-corrected chi connectivity index (χ1v) is 0. The molecule has 0 saturated heterocycles. The SMILES string of the molecule is [As-3].[Ga+3].[Ga+3].[SbH6-3]. The van der Waals surface area contributed by atoms with Crippen molar-refractivity contribution in [1.82, 2.24) is 0 Å². The van der Waals surface area contributed by atoms with Gasteiger partial charge in [0.25, 0.3) is 0 Å². The first-order valence-electron chi connectivity index (χ1n) is 0. The average Bonchev–Trinajstić information content (AvgIpc) is 0. The fourth-order valence-corrected chi connectivity index (χ4v) is 0. The molecule has 0 nitrogen and oxygen atoms in total. The maximum atomic E-state index is 0. The van der Waals surface area contributed by atoms with E-state index in [9.17, 15) is 0 Å². The molecular formula is H6AsGa2Sb. The zero-order valence-corrected chi connectivity index (χ0v) is 8.32. The third-order valence-corrected chi connectivity index (χ3v) is 0. The maximum absolute atomic E-state index is 0. The Hall–Kier alpha value is 2.65. The molecule has 0 rings (SSSR count). The van der Waals surface area contributed by atoms with Gasteiger partial charge in [0, 0.05) is 0 Å². The van der Waals surface area contributed by atoms with Crippen LogP contribution in [0.5, 0.6) is 0 Å². The molecule has 0 aliphatic carbocycles. The average molecular weight is 342 g/mol. The summed E-state index contributed by atoms with van der Waals surface area (Å²) in [5.74, 6) is 0. The van der Waals surface area contributed by atoms with Crippen LogP contribution in [0.15, 0.2) is 0 Å². The Morgan fingerprint density at radius 1 is 0.750 bits per heavy atom. The van der Waals surface area contributed by atoms with E-state index in [4.69, 9.17) is 0 Å². The molecule has 0 aromatic rings. The van der Waals surface area contributed by atoms with E-state index in [2.05, 4.69) is 0 Å². The predicted octanol–water partition coefficient (Wildman–Crippen LogP) is -3.13. The van der Waals surface area contributed by atoms with Gasteiger partial charge in [-0.1, -0.05) is 0 Å². The summed E-state index contributed by atoms with van der Waals surface area (Å²) in [5.41, 5.74) is 0. The predicted molar refractivity (Wildman–Crippen MR) is 31.4 cm³/mol. The normalized spacial score (nSPS) is 0. The van der Waals surface area contributed by atoms with Crippen molar-refractivity contribution in [3.8, 4) is 0 Å². The Labute approximate surface area is 80.7 Å². The van der Waals surface area contributed by atoms with Gasteiger partial charge in [-0.25, -0.2) is 0 Å². The van der Waals surface area contributed by atoms with Gasteiger partial charge in [0.15, 0.2) is 0 Å². The Morgan fingerprint density at radius 3 is 0.750 bits per heavy atom. The fraction of sp³-hybridized carbons (Fsp3) is 0. The zero-order chi connectivity index (χ0) is 0. The Balaban J connectivity index is 0. The van der Waals surface area contributed by atoms with E-state index in [1.807, 2.05) is 0 Å². The van der Waals surface area contributed by atoms with Gasteiger partial charge in [-0.05, 0) is 0 Å². The summed E-state index contributed by atoms with van der Waals surface area (Å²) in [6.45, 7) is 0. The second kappa shape index (κ2) is 17.4. The van der Waals surface area contributed by atoms with Gasteiger partial charge in [0.2, 0.25) is 0 Å². The minimum absolute atomic E-state index is 0. The third kappa shape index (κ3) is 8.82. The molecule has 0 bridgehead atoms. The first kappa shape index (κ1) is 30.2. The quantitative estimate of drug-likeness (QED) is 0.409. The van der Waals surface area contributed by atoms with E-state index < -0.39 is 0 Å². The molecule has 0 atom stereocenters. The van der Waals surface area contributed by atoms with E-state index in [0.29, 0.717) is 0 Å². The van der Waals surface area contributed by atoms with Gasteiger partial charge >= 0.3 is 64.0 Å². The van der Waals surface area contributed by atoms with E-state index in [1.54, 1.807) is 0 Å². The molecule has 0 heterocycles. The fourth-order valence-electron chi connectivity index (χ4n) is 0. The summed E-state index contributed by atoms with van der Waals surface area (Å²) in [4.78, 5) is 0. The molecule has 0 aromatic carbocycles. The van der Waals surface area contributed by atoms with Crippen molar-refractivity contribution in [1.29, 1.82) is 0 Å². The van der Waals surface area contributed by atoms with Crippen LogP contribution < -0.4 is 0 Å². The zero-order valence-electron chi connectivity index (χ0n) is 1.60. The number of hydrogen-bond acceptors (Lipinski definition) is 0. The van der Waals surface area contributed by atoms with E-state index >= 15 is 0 Å². The van der Waals surface area contributed by atoms with Crippen molar-refractivity contribution in [2.45, 2.75) is 0 Å². The monoisotopic (exact) mass is 340 g/mol. The van der Waals surface area contributed by atoms with Crippen LogP contribution in [-0.4, -0.2) is 82.0 Å². The molecule has 0 N–H and O–H groups in total. The van der Waals surface area contributed by atoms with Crippen molar-refractivity contribution in [3.05, 3.63) is 0 Å². The van der Waals surface area contributed by atoms with Crippen LogP contribution in [0.2, 0.25) is 0 Å². The molecule has 0 radical (unpaired) electrons. The van der Waals surface area contributed by atoms with Crippen molar-refractivity contribution in [3.63, 3.8) is 0 Å². The number of hydrogen-bond donors (Lipinski definition) is 0.